The minimum Gasteiger partial charge on any atom is -0.378 e. The fourth-order valence-electron chi connectivity index (χ4n) is 4.13. The lowest BCUT2D eigenvalue weighted by Gasteiger charge is -2.30. The molecule has 2 aromatic heterocycles. The average molecular weight is 386 g/mol. The third-order valence-corrected chi connectivity index (χ3v) is 5.60. The first-order chi connectivity index (χ1) is 13.7. The molecule has 9 nitrogen and oxygen atoms in total. The number of hydrogen-bond acceptors (Lipinski definition) is 9. The standard InChI is InChI=1S/C18H23FN8O/c19-13-9-21-10-14(13)27-2-1-12-15(11-7-22-17(20)23-8-11)24-18(25-16(12)27)26-3-5-28-6-4-26/h7-8,13-14,21H,1-6,9-10H2,(H2,20,22,23)/t13-,14+/m0/s1. The minimum absolute atomic E-state index is 0.204. The third-order valence-electron chi connectivity index (χ3n) is 5.60. The molecule has 0 aliphatic carbocycles. The van der Waals surface area contributed by atoms with E-state index in [-0.39, 0.29) is 12.0 Å². The van der Waals surface area contributed by atoms with Crippen LogP contribution in [0.5, 0.6) is 0 Å². The number of anilines is 3. The van der Waals surface area contributed by atoms with Crippen LogP contribution in [0.4, 0.5) is 22.1 Å². The van der Waals surface area contributed by atoms with Crippen molar-refractivity contribution in [2.24, 2.45) is 0 Å². The van der Waals surface area contributed by atoms with Crippen molar-refractivity contribution in [2.45, 2.75) is 18.6 Å². The van der Waals surface area contributed by atoms with Crippen molar-refractivity contribution in [1.82, 2.24) is 25.3 Å². The van der Waals surface area contributed by atoms with Crippen LogP contribution in [0.15, 0.2) is 12.4 Å². The Hall–Kier alpha value is -2.59. The highest BCUT2D eigenvalue weighted by Gasteiger charge is 2.38. The van der Waals surface area contributed by atoms with Crippen LogP contribution < -0.4 is 20.9 Å². The molecule has 148 valence electrons. The van der Waals surface area contributed by atoms with Crippen LogP contribution in [0.25, 0.3) is 11.3 Å². The van der Waals surface area contributed by atoms with Gasteiger partial charge in [0, 0.05) is 56.2 Å². The van der Waals surface area contributed by atoms with Crippen LogP contribution in [-0.4, -0.2) is 78.1 Å². The summed E-state index contributed by atoms with van der Waals surface area (Å²) in [7, 11) is 0. The number of rotatable bonds is 3. The van der Waals surface area contributed by atoms with Crippen molar-refractivity contribution in [3.8, 4) is 11.3 Å². The van der Waals surface area contributed by atoms with Crippen molar-refractivity contribution in [3.05, 3.63) is 18.0 Å². The van der Waals surface area contributed by atoms with Crippen LogP contribution in [0, 0.1) is 0 Å². The zero-order valence-corrected chi connectivity index (χ0v) is 15.5. The molecule has 2 aromatic rings. The number of nitrogen functional groups attached to an aromatic ring is 1. The second-order valence-electron chi connectivity index (χ2n) is 7.29. The smallest absolute Gasteiger partial charge is 0.228 e. The number of hydrogen-bond donors (Lipinski definition) is 2. The summed E-state index contributed by atoms with van der Waals surface area (Å²) in [6.07, 6.45) is 3.23. The van der Waals surface area contributed by atoms with E-state index in [9.17, 15) is 4.39 Å². The third kappa shape index (κ3) is 3.02. The monoisotopic (exact) mass is 386 g/mol. The summed E-state index contributed by atoms with van der Waals surface area (Å²) in [5.74, 6) is 1.68. The Labute approximate surface area is 162 Å². The zero-order chi connectivity index (χ0) is 19.1. The maximum atomic E-state index is 14.4. The molecule has 5 rings (SSSR count). The molecule has 2 saturated heterocycles. The van der Waals surface area contributed by atoms with Gasteiger partial charge >= 0.3 is 0 Å². The Bertz CT molecular complexity index is 857. The minimum atomic E-state index is -0.906. The van der Waals surface area contributed by atoms with Crippen molar-refractivity contribution in [3.63, 3.8) is 0 Å². The van der Waals surface area contributed by atoms with Crippen LogP contribution >= 0.6 is 0 Å². The van der Waals surface area contributed by atoms with Gasteiger partial charge in [-0.15, -0.1) is 0 Å². The van der Waals surface area contributed by atoms with E-state index in [1.165, 1.54) is 0 Å². The summed E-state index contributed by atoms with van der Waals surface area (Å²) < 4.78 is 19.9. The van der Waals surface area contributed by atoms with E-state index in [0.29, 0.717) is 32.3 Å². The number of fused-ring (bicyclic) bond motifs is 1. The molecule has 0 unspecified atom stereocenters. The van der Waals surface area contributed by atoms with Gasteiger partial charge in [-0.1, -0.05) is 0 Å². The van der Waals surface area contributed by atoms with Crippen LogP contribution in [0.1, 0.15) is 5.56 Å². The molecule has 10 heteroatoms. The second-order valence-corrected chi connectivity index (χ2v) is 7.29. The molecular weight excluding hydrogens is 363 g/mol. The van der Waals surface area contributed by atoms with Gasteiger partial charge in [0.25, 0.3) is 0 Å². The van der Waals surface area contributed by atoms with E-state index in [2.05, 4.69) is 25.1 Å². The SMILES string of the molecule is Nc1ncc(-c2nc(N3CCOCC3)nc3c2CCN3[C@@H]2CNC[C@@H]2F)cn1. The first kappa shape index (κ1) is 17.5. The molecule has 2 atom stereocenters. The Balaban J connectivity index is 1.60. The highest BCUT2D eigenvalue weighted by atomic mass is 19.1. The number of ether oxygens (including phenoxy) is 1. The molecule has 3 aliphatic heterocycles. The fourth-order valence-corrected chi connectivity index (χ4v) is 4.13. The molecule has 0 aromatic carbocycles. The number of nitrogens with one attached hydrogen (secondary N) is 1. The molecule has 3 aliphatic rings. The maximum Gasteiger partial charge on any atom is 0.228 e. The quantitative estimate of drug-likeness (QED) is 0.755. The molecule has 28 heavy (non-hydrogen) atoms. The Morgan fingerprint density at radius 1 is 1.11 bits per heavy atom. The zero-order valence-electron chi connectivity index (χ0n) is 15.5. The van der Waals surface area contributed by atoms with Crippen molar-refractivity contribution < 1.29 is 9.13 Å². The van der Waals surface area contributed by atoms with Crippen LogP contribution in [0.3, 0.4) is 0 Å². The van der Waals surface area contributed by atoms with E-state index in [1.54, 1.807) is 12.4 Å². The van der Waals surface area contributed by atoms with Crippen molar-refractivity contribution >= 4 is 17.7 Å². The number of nitrogens with two attached hydrogens (primary N) is 1. The lowest BCUT2D eigenvalue weighted by molar-refractivity contribution is 0.122. The Morgan fingerprint density at radius 2 is 1.89 bits per heavy atom. The van der Waals surface area contributed by atoms with E-state index in [1.807, 2.05) is 0 Å². The van der Waals surface area contributed by atoms with Gasteiger partial charge in [0.05, 0.1) is 24.9 Å². The summed E-state index contributed by atoms with van der Waals surface area (Å²) in [6.45, 7) is 4.48. The molecule has 3 N–H and O–H groups in total. The Kier molecular flexibility index (Phi) is 4.44. The Morgan fingerprint density at radius 3 is 2.61 bits per heavy atom. The van der Waals surface area contributed by atoms with Gasteiger partial charge in [0.2, 0.25) is 11.9 Å². The molecule has 0 bridgehead atoms. The molecule has 0 amide bonds. The van der Waals surface area contributed by atoms with Gasteiger partial charge < -0.3 is 25.6 Å². The predicted octanol–water partition coefficient (Wildman–Crippen LogP) is 0.0248. The van der Waals surface area contributed by atoms with E-state index in [4.69, 9.17) is 20.4 Å². The van der Waals surface area contributed by atoms with Gasteiger partial charge in [-0.3, -0.25) is 0 Å². The normalized spacial score (nSPS) is 24.6. The molecule has 0 saturated carbocycles. The first-order valence-electron chi connectivity index (χ1n) is 9.63. The van der Waals surface area contributed by atoms with Gasteiger partial charge in [0.15, 0.2) is 0 Å². The van der Waals surface area contributed by atoms with Gasteiger partial charge in [-0.2, -0.15) is 4.98 Å². The highest BCUT2D eigenvalue weighted by Crippen LogP contribution is 2.37. The lowest BCUT2D eigenvalue weighted by Crippen LogP contribution is -2.42. The lowest BCUT2D eigenvalue weighted by atomic mass is 10.1. The van der Waals surface area contributed by atoms with Crippen molar-refractivity contribution in [2.75, 3.05) is 61.5 Å². The fraction of sp³-hybridized carbons (Fsp3) is 0.556. The van der Waals surface area contributed by atoms with E-state index in [0.717, 1.165) is 48.7 Å². The number of alkyl halides is 1. The number of nitrogens with zero attached hydrogens (tertiary/aromatic N) is 6. The van der Waals surface area contributed by atoms with Gasteiger partial charge in [0.1, 0.15) is 12.0 Å². The molecule has 0 radical (unpaired) electrons. The summed E-state index contributed by atoms with van der Waals surface area (Å²) in [4.78, 5) is 22.2. The molecule has 0 spiro atoms. The van der Waals surface area contributed by atoms with Gasteiger partial charge in [-0.05, 0) is 6.42 Å². The number of aromatic nitrogens is 4. The maximum absolute atomic E-state index is 14.4. The average Bonchev–Trinajstić information content (AvgIpc) is 3.34. The summed E-state index contributed by atoms with van der Waals surface area (Å²) in [5, 5.41) is 3.14. The molecule has 5 heterocycles. The largest absolute Gasteiger partial charge is 0.378 e. The summed E-state index contributed by atoms with van der Waals surface area (Å²) in [5.41, 5.74) is 8.27. The number of morpholine rings is 1. The topological polar surface area (TPSA) is 105 Å². The highest BCUT2D eigenvalue weighted by molar-refractivity contribution is 5.72. The summed E-state index contributed by atoms with van der Waals surface area (Å²) in [6, 6.07) is -0.204. The summed E-state index contributed by atoms with van der Waals surface area (Å²) >= 11 is 0. The van der Waals surface area contributed by atoms with Crippen molar-refractivity contribution in [1.29, 1.82) is 0 Å². The number of halogens is 1. The van der Waals surface area contributed by atoms with Crippen LogP contribution in [0.2, 0.25) is 0 Å². The molecule has 2 fully saturated rings. The second kappa shape index (κ2) is 7.10. The van der Waals surface area contributed by atoms with E-state index >= 15 is 0 Å². The molecular formula is C18H23FN8O. The van der Waals surface area contributed by atoms with E-state index < -0.39 is 6.17 Å². The predicted molar refractivity (Wildman–Crippen MR) is 103 cm³/mol. The first-order valence-corrected chi connectivity index (χ1v) is 9.63. The van der Waals surface area contributed by atoms with Crippen LogP contribution in [-0.2, 0) is 11.2 Å². The van der Waals surface area contributed by atoms with Gasteiger partial charge in [-0.25, -0.2) is 19.3 Å².